The number of H-pyrrole nitrogens is 1. The Labute approximate surface area is 130 Å². The Morgan fingerprint density at radius 3 is 2.81 bits per heavy atom. The lowest BCUT2D eigenvalue weighted by Crippen LogP contribution is -2.27. The third-order valence-electron chi connectivity index (χ3n) is 3.25. The van der Waals surface area contributed by atoms with Gasteiger partial charge >= 0.3 is 0 Å². The molecule has 0 fully saturated rings. The van der Waals surface area contributed by atoms with Crippen molar-refractivity contribution < 1.29 is 4.79 Å². The Kier molecular flexibility index (Phi) is 3.75. The third kappa shape index (κ3) is 2.97. The number of para-hydroxylation sites is 2. The van der Waals surface area contributed by atoms with Crippen LogP contribution in [0.25, 0.3) is 11.0 Å². The lowest BCUT2D eigenvalue weighted by Gasteiger charge is -2.11. The SMILES string of the molecule is C[C@@H](NC(=O)c1cccc(Br)c1)c1nc2ccccc2[nH]1. The fraction of sp³-hybridized carbons (Fsp3) is 0.125. The molecule has 2 N–H and O–H groups in total. The highest BCUT2D eigenvalue weighted by Gasteiger charge is 2.14. The van der Waals surface area contributed by atoms with Crippen LogP contribution in [-0.2, 0) is 0 Å². The van der Waals surface area contributed by atoms with Crippen LogP contribution in [0.1, 0.15) is 29.1 Å². The summed E-state index contributed by atoms with van der Waals surface area (Å²) in [5.74, 6) is 0.629. The predicted octanol–water partition coefficient (Wildman–Crippen LogP) is 3.82. The molecule has 0 bridgehead atoms. The summed E-state index contributed by atoms with van der Waals surface area (Å²) in [5, 5.41) is 2.95. The van der Waals surface area contributed by atoms with Crippen LogP contribution in [0.2, 0.25) is 0 Å². The lowest BCUT2D eigenvalue weighted by atomic mass is 10.2. The summed E-state index contributed by atoms with van der Waals surface area (Å²) < 4.78 is 0.881. The highest BCUT2D eigenvalue weighted by atomic mass is 79.9. The molecule has 0 unspecified atom stereocenters. The van der Waals surface area contributed by atoms with Gasteiger partial charge in [-0.2, -0.15) is 0 Å². The molecule has 1 aromatic heterocycles. The minimum Gasteiger partial charge on any atom is -0.342 e. The van der Waals surface area contributed by atoms with Gasteiger partial charge in [-0.15, -0.1) is 0 Å². The second kappa shape index (κ2) is 5.69. The maximum absolute atomic E-state index is 12.2. The number of aromatic nitrogens is 2. The van der Waals surface area contributed by atoms with Gasteiger partial charge in [-0.05, 0) is 37.3 Å². The van der Waals surface area contributed by atoms with Crippen LogP contribution < -0.4 is 5.32 Å². The number of nitrogens with one attached hydrogen (secondary N) is 2. The Morgan fingerprint density at radius 2 is 2.05 bits per heavy atom. The van der Waals surface area contributed by atoms with Gasteiger partial charge in [0.2, 0.25) is 0 Å². The molecule has 0 aliphatic rings. The van der Waals surface area contributed by atoms with Crippen LogP contribution in [0.4, 0.5) is 0 Å². The monoisotopic (exact) mass is 343 g/mol. The van der Waals surface area contributed by atoms with Crippen molar-refractivity contribution in [3.63, 3.8) is 0 Å². The number of rotatable bonds is 3. The first kappa shape index (κ1) is 13.8. The van der Waals surface area contributed by atoms with Crippen LogP contribution in [0.5, 0.6) is 0 Å². The van der Waals surface area contributed by atoms with Crippen LogP contribution in [0.3, 0.4) is 0 Å². The summed E-state index contributed by atoms with van der Waals surface area (Å²) in [6.07, 6.45) is 0. The molecule has 0 aliphatic carbocycles. The van der Waals surface area contributed by atoms with E-state index in [2.05, 4.69) is 31.2 Å². The normalized spacial score (nSPS) is 12.3. The zero-order valence-corrected chi connectivity index (χ0v) is 13.0. The van der Waals surface area contributed by atoms with Crippen LogP contribution in [0.15, 0.2) is 53.0 Å². The topological polar surface area (TPSA) is 57.8 Å². The number of carbonyl (C=O) groups excluding carboxylic acids is 1. The van der Waals surface area contributed by atoms with Crippen molar-refractivity contribution in [3.8, 4) is 0 Å². The Balaban J connectivity index is 1.79. The van der Waals surface area contributed by atoms with Gasteiger partial charge in [-0.3, -0.25) is 4.79 Å². The van der Waals surface area contributed by atoms with Gasteiger partial charge in [0, 0.05) is 10.0 Å². The molecule has 0 radical (unpaired) electrons. The van der Waals surface area contributed by atoms with Gasteiger partial charge < -0.3 is 10.3 Å². The molecule has 1 amide bonds. The molecule has 2 aromatic carbocycles. The molecule has 0 saturated heterocycles. The van der Waals surface area contributed by atoms with Gasteiger partial charge in [0.05, 0.1) is 17.1 Å². The summed E-state index contributed by atoms with van der Waals surface area (Å²) in [6.45, 7) is 1.91. The van der Waals surface area contributed by atoms with Crippen molar-refractivity contribution in [2.24, 2.45) is 0 Å². The van der Waals surface area contributed by atoms with Crippen molar-refractivity contribution in [2.45, 2.75) is 13.0 Å². The fourth-order valence-electron chi connectivity index (χ4n) is 2.16. The molecule has 106 valence electrons. The third-order valence-corrected chi connectivity index (χ3v) is 3.75. The average molecular weight is 344 g/mol. The minimum absolute atomic E-state index is 0.121. The van der Waals surface area contributed by atoms with E-state index in [1.807, 2.05) is 43.3 Å². The fourth-order valence-corrected chi connectivity index (χ4v) is 2.55. The number of nitrogens with zero attached hydrogens (tertiary/aromatic N) is 1. The molecule has 21 heavy (non-hydrogen) atoms. The molecule has 0 aliphatic heterocycles. The van der Waals surface area contributed by atoms with E-state index < -0.39 is 0 Å². The van der Waals surface area contributed by atoms with Crippen LogP contribution in [-0.4, -0.2) is 15.9 Å². The highest BCUT2D eigenvalue weighted by Crippen LogP contribution is 2.17. The number of hydrogen-bond acceptors (Lipinski definition) is 2. The van der Waals surface area contributed by atoms with E-state index in [4.69, 9.17) is 0 Å². The maximum atomic E-state index is 12.2. The van der Waals surface area contributed by atoms with Gasteiger partial charge in [0.25, 0.3) is 5.91 Å². The Bertz CT molecular complexity index is 764. The average Bonchev–Trinajstić information content (AvgIpc) is 2.91. The largest absolute Gasteiger partial charge is 0.342 e. The molecular weight excluding hydrogens is 330 g/mol. The summed E-state index contributed by atoms with van der Waals surface area (Å²) >= 11 is 3.37. The Morgan fingerprint density at radius 1 is 1.24 bits per heavy atom. The summed E-state index contributed by atoms with van der Waals surface area (Å²) in [7, 11) is 0. The van der Waals surface area contributed by atoms with E-state index >= 15 is 0 Å². The molecule has 0 saturated carbocycles. The van der Waals surface area contributed by atoms with Gasteiger partial charge in [-0.25, -0.2) is 4.98 Å². The molecular formula is C16H14BrN3O. The van der Waals surface area contributed by atoms with E-state index in [1.165, 1.54) is 0 Å². The smallest absolute Gasteiger partial charge is 0.251 e. The number of imidazole rings is 1. The molecule has 5 heteroatoms. The van der Waals surface area contributed by atoms with E-state index in [0.29, 0.717) is 5.56 Å². The summed E-state index contributed by atoms with van der Waals surface area (Å²) in [6, 6.07) is 14.9. The molecule has 1 atom stereocenters. The first-order valence-electron chi connectivity index (χ1n) is 6.64. The zero-order valence-electron chi connectivity index (χ0n) is 11.4. The second-order valence-corrected chi connectivity index (χ2v) is 5.76. The van der Waals surface area contributed by atoms with Crippen molar-refractivity contribution in [1.29, 1.82) is 0 Å². The van der Waals surface area contributed by atoms with E-state index in [1.54, 1.807) is 12.1 Å². The number of halogens is 1. The molecule has 3 rings (SSSR count). The zero-order chi connectivity index (χ0) is 14.8. The van der Waals surface area contributed by atoms with Crippen LogP contribution in [0, 0.1) is 0 Å². The molecule has 1 heterocycles. The van der Waals surface area contributed by atoms with Crippen LogP contribution >= 0.6 is 15.9 Å². The first-order chi connectivity index (χ1) is 10.1. The number of fused-ring (bicyclic) bond motifs is 1. The number of amides is 1. The molecule has 0 spiro atoms. The Hall–Kier alpha value is -2.14. The highest BCUT2D eigenvalue weighted by molar-refractivity contribution is 9.10. The van der Waals surface area contributed by atoms with Gasteiger partial charge in [0.1, 0.15) is 5.82 Å². The second-order valence-electron chi connectivity index (χ2n) is 4.84. The summed E-state index contributed by atoms with van der Waals surface area (Å²) in [4.78, 5) is 19.9. The number of hydrogen-bond donors (Lipinski definition) is 2. The van der Waals surface area contributed by atoms with Crippen molar-refractivity contribution in [3.05, 3.63) is 64.4 Å². The van der Waals surface area contributed by atoms with E-state index in [0.717, 1.165) is 21.3 Å². The van der Waals surface area contributed by atoms with Gasteiger partial charge in [-0.1, -0.05) is 34.1 Å². The first-order valence-corrected chi connectivity index (χ1v) is 7.44. The van der Waals surface area contributed by atoms with Crippen molar-refractivity contribution in [2.75, 3.05) is 0 Å². The molecule has 4 nitrogen and oxygen atoms in total. The van der Waals surface area contributed by atoms with Crippen molar-refractivity contribution >= 4 is 32.9 Å². The van der Waals surface area contributed by atoms with E-state index in [9.17, 15) is 4.79 Å². The number of carbonyl (C=O) groups is 1. The standard InChI is InChI=1S/C16H14BrN3O/c1-10(15-19-13-7-2-3-8-14(13)20-15)18-16(21)11-5-4-6-12(17)9-11/h2-10H,1H3,(H,18,21)(H,19,20)/t10-/m1/s1. The van der Waals surface area contributed by atoms with E-state index in [-0.39, 0.29) is 11.9 Å². The lowest BCUT2D eigenvalue weighted by molar-refractivity contribution is 0.0938. The van der Waals surface area contributed by atoms with Gasteiger partial charge in [0.15, 0.2) is 0 Å². The number of benzene rings is 2. The predicted molar refractivity (Wildman–Crippen MR) is 86.1 cm³/mol. The molecule has 3 aromatic rings. The summed E-state index contributed by atoms with van der Waals surface area (Å²) in [5.41, 5.74) is 2.49. The maximum Gasteiger partial charge on any atom is 0.251 e. The van der Waals surface area contributed by atoms with Crippen molar-refractivity contribution in [1.82, 2.24) is 15.3 Å². The quantitative estimate of drug-likeness (QED) is 0.759. The minimum atomic E-state index is -0.191. The number of aromatic amines is 1.